The van der Waals surface area contributed by atoms with Crippen LogP contribution in [0.1, 0.15) is 26.2 Å². The van der Waals surface area contributed by atoms with E-state index in [2.05, 4.69) is 13.5 Å². The van der Waals surface area contributed by atoms with Gasteiger partial charge in [0, 0.05) is 6.61 Å². The van der Waals surface area contributed by atoms with E-state index in [1.807, 2.05) is 0 Å². The minimum absolute atomic E-state index is 0. The number of ether oxygens (including phenoxy) is 1. The van der Waals surface area contributed by atoms with E-state index in [0.29, 0.717) is 6.61 Å². The summed E-state index contributed by atoms with van der Waals surface area (Å²) < 4.78 is 5.17. The zero-order chi connectivity index (χ0) is 6.95. The molecule has 0 fully saturated rings. The van der Waals surface area contributed by atoms with Crippen molar-refractivity contribution in [3.05, 3.63) is 12.7 Å². The maximum atomic E-state index is 5.17. The normalized spacial score (nSPS) is 8.50. The molecule has 0 rings (SSSR count). The molecule has 1 nitrogen and oxygen atoms in total. The van der Waals surface area contributed by atoms with Gasteiger partial charge < -0.3 is 4.74 Å². The predicted molar refractivity (Wildman–Crippen MR) is 47.7 cm³/mol. The van der Waals surface area contributed by atoms with Crippen molar-refractivity contribution in [2.24, 2.45) is 0 Å². The van der Waals surface area contributed by atoms with Gasteiger partial charge in [-0.3, -0.25) is 0 Å². The molecule has 0 bridgehead atoms. The van der Waals surface area contributed by atoms with Gasteiger partial charge in [0.25, 0.3) is 0 Å². The van der Waals surface area contributed by atoms with Crippen LogP contribution in [0.25, 0.3) is 0 Å². The fourth-order valence-corrected chi connectivity index (χ4v) is 0.621. The monoisotopic (exact) mass is 136 g/mol. The van der Waals surface area contributed by atoms with Gasteiger partial charge in [-0.25, -0.2) is 0 Å². The molecule has 56 valence electrons. The van der Waals surface area contributed by atoms with Crippen molar-refractivity contribution < 1.29 is 4.74 Å². The first-order valence-electron chi connectivity index (χ1n) is 3.60. The van der Waals surface area contributed by atoms with Gasteiger partial charge in [0.1, 0.15) is 0 Å². The predicted octanol–water partition coefficient (Wildman–Crippen LogP) is 1.73. The first-order valence-corrected chi connectivity index (χ1v) is 3.60. The van der Waals surface area contributed by atoms with E-state index >= 15 is 0 Å². The van der Waals surface area contributed by atoms with E-state index in [1.54, 1.807) is 6.08 Å². The molecule has 10 heavy (non-hydrogen) atoms. The van der Waals surface area contributed by atoms with Crippen LogP contribution in [-0.4, -0.2) is 32.1 Å². The first-order chi connectivity index (χ1) is 4.41. The van der Waals surface area contributed by atoms with Gasteiger partial charge in [-0.1, -0.05) is 25.8 Å². The molecule has 0 radical (unpaired) electrons. The summed E-state index contributed by atoms with van der Waals surface area (Å²) in [6.07, 6.45) is 5.50. The zero-order valence-electron chi connectivity index (χ0n) is 6.23. The van der Waals surface area contributed by atoms with Gasteiger partial charge in [-0.05, 0) is 6.42 Å². The quantitative estimate of drug-likeness (QED) is 0.307. The van der Waals surface area contributed by atoms with Crippen LogP contribution in [0.15, 0.2) is 12.7 Å². The average Bonchev–Trinajstić information content (AvgIpc) is 1.89. The minimum atomic E-state index is 0. The molecular weight excluding hydrogens is 119 g/mol. The Morgan fingerprint density at radius 2 is 2.10 bits per heavy atom. The molecule has 0 atom stereocenters. The van der Waals surface area contributed by atoms with Gasteiger partial charge in [-0.15, -0.1) is 6.58 Å². The van der Waals surface area contributed by atoms with E-state index in [9.17, 15) is 0 Å². The number of hydrogen-bond donors (Lipinski definition) is 0. The van der Waals surface area contributed by atoms with Crippen molar-refractivity contribution in [1.29, 1.82) is 0 Å². The molecule has 0 amide bonds. The van der Waals surface area contributed by atoms with Crippen LogP contribution < -0.4 is 0 Å². The van der Waals surface area contributed by atoms with Gasteiger partial charge in [0.15, 0.2) is 0 Å². The summed E-state index contributed by atoms with van der Waals surface area (Å²) in [6, 6.07) is 0. The topological polar surface area (TPSA) is 9.23 Å². The van der Waals surface area contributed by atoms with Crippen LogP contribution >= 0.6 is 0 Å². The summed E-state index contributed by atoms with van der Waals surface area (Å²) in [6.45, 7) is 7.33. The van der Waals surface area contributed by atoms with Crippen molar-refractivity contribution in [2.75, 3.05) is 13.2 Å². The van der Waals surface area contributed by atoms with Gasteiger partial charge in [0.2, 0.25) is 0 Å². The van der Waals surface area contributed by atoms with Crippen molar-refractivity contribution in [1.82, 2.24) is 0 Å². The maximum absolute atomic E-state index is 5.17. The Hall–Kier alpha value is 0.297. The summed E-state index contributed by atoms with van der Waals surface area (Å²) in [7, 11) is 0. The second-order valence-corrected chi connectivity index (χ2v) is 2.07. The second-order valence-electron chi connectivity index (χ2n) is 2.07. The van der Waals surface area contributed by atoms with Crippen LogP contribution in [0.5, 0.6) is 0 Å². The van der Waals surface area contributed by atoms with E-state index in [4.69, 9.17) is 4.74 Å². The summed E-state index contributed by atoms with van der Waals surface area (Å²) in [5.41, 5.74) is 0. The molecule has 2 heteroatoms. The molecule has 0 saturated heterocycles. The fraction of sp³-hybridized carbons (Fsp3) is 0.750. The third-order valence-electron chi connectivity index (χ3n) is 1.13. The third-order valence-corrected chi connectivity index (χ3v) is 1.13. The molecule has 0 unspecified atom stereocenters. The standard InChI is InChI=1S/C8H16O.Li.H/c1-3-5-6-8-9-7-4-2;;/h4H,2-3,5-8H2,1H3;;. The third kappa shape index (κ3) is 11.1. The van der Waals surface area contributed by atoms with Crippen molar-refractivity contribution >= 4 is 18.9 Å². The molecule has 0 aromatic rings. The van der Waals surface area contributed by atoms with E-state index in [0.717, 1.165) is 6.61 Å². The van der Waals surface area contributed by atoms with Crippen molar-refractivity contribution in [3.8, 4) is 0 Å². The second kappa shape index (κ2) is 12.0. The molecule has 0 N–H and O–H groups in total. The summed E-state index contributed by atoms with van der Waals surface area (Å²) in [4.78, 5) is 0. The van der Waals surface area contributed by atoms with Crippen LogP contribution in [0.4, 0.5) is 0 Å². The van der Waals surface area contributed by atoms with Gasteiger partial charge in [0.05, 0.1) is 6.61 Å². The molecule has 0 aromatic carbocycles. The van der Waals surface area contributed by atoms with E-state index in [-0.39, 0.29) is 18.9 Å². The Labute approximate surface area is 76.0 Å². The zero-order valence-corrected chi connectivity index (χ0v) is 6.23. The Kier molecular flexibility index (Phi) is 15.5. The molecular formula is C8H17LiO. The Balaban J connectivity index is 0. The number of rotatable bonds is 6. The fourth-order valence-electron chi connectivity index (χ4n) is 0.621. The van der Waals surface area contributed by atoms with E-state index < -0.39 is 0 Å². The average molecular weight is 136 g/mol. The number of unbranched alkanes of at least 4 members (excludes halogenated alkanes) is 2. The van der Waals surface area contributed by atoms with Crippen LogP contribution in [0, 0.1) is 0 Å². The Bertz CT molecular complexity index is 64.3. The molecule has 0 saturated carbocycles. The first kappa shape index (κ1) is 12.9. The number of hydrogen-bond acceptors (Lipinski definition) is 1. The van der Waals surface area contributed by atoms with E-state index in [1.165, 1.54) is 19.3 Å². The van der Waals surface area contributed by atoms with Crippen molar-refractivity contribution in [3.63, 3.8) is 0 Å². The SMILES string of the molecule is C=CCOCCCCC.[LiH]. The van der Waals surface area contributed by atoms with Gasteiger partial charge in [-0.2, -0.15) is 0 Å². The molecule has 0 aliphatic carbocycles. The molecule has 0 spiro atoms. The molecule has 0 aliphatic rings. The van der Waals surface area contributed by atoms with Crippen LogP contribution in [0.2, 0.25) is 0 Å². The molecule has 0 aromatic heterocycles. The molecule has 0 aliphatic heterocycles. The van der Waals surface area contributed by atoms with Gasteiger partial charge >= 0.3 is 18.9 Å². The Morgan fingerprint density at radius 1 is 1.40 bits per heavy atom. The van der Waals surface area contributed by atoms with Crippen LogP contribution in [-0.2, 0) is 4.74 Å². The summed E-state index contributed by atoms with van der Waals surface area (Å²) >= 11 is 0. The Morgan fingerprint density at radius 3 is 2.60 bits per heavy atom. The molecule has 0 heterocycles. The van der Waals surface area contributed by atoms with Crippen molar-refractivity contribution in [2.45, 2.75) is 26.2 Å². The summed E-state index contributed by atoms with van der Waals surface area (Å²) in [5.74, 6) is 0. The summed E-state index contributed by atoms with van der Waals surface area (Å²) in [5, 5.41) is 0. The van der Waals surface area contributed by atoms with Crippen LogP contribution in [0.3, 0.4) is 0 Å².